The highest BCUT2D eigenvalue weighted by atomic mass is 32.2. The van der Waals surface area contributed by atoms with E-state index in [0.717, 1.165) is 48.2 Å². The number of thiazole rings is 1. The van der Waals surface area contributed by atoms with Crippen molar-refractivity contribution in [1.82, 2.24) is 20.3 Å². The summed E-state index contributed by atoms with van der Waals surface area (Å²) < 4.78 is 30.9. The molecule has 0 saturated carbocycles. The maximum atomic E-state index is 15.8. The summed E-state index contributed by atoms with van der Waals surface area (Å²) in [6.07, 6.45) is 2.43. The molecule has 0 bridgehead atoms. The SMILES string of the molecule is CCCS(=O)Nc1cccc(-c2nc(C(C)(C)C)sc2-c2ccnc(Nc3ccc(N4CCNCC4)cc3)n2)c1F. The van der Waals surface area contributed by atoms with E-state index in [1.165, 1.54) is 17.0 Å². The molecule has 11 heteroatoms. The lowest BCUT2D eigenvalue weighted by molar-refractivity contribution is 0.585. The van der Waals surface area contributed by atoms with Crippen molar-refractivity contribution >= 4 is 45.3 Å². The van der Waals surface area contributed by atoms with Crippen LogP contribution in [0.3, 0.4) is 0 Å². The molecule has 1 aliphatic rings. The Hall–Kier alpha value is -3.41. The van der Waals surface area contributed by atoms with Crippen LogP contribution in [0.5, 0.6) is 0 Å². The van der Waals surface area contributed by atoms with Crippen LogP contribution >= 0.6 is 11.3 Å². The molecule has 41 heavy (non-hydrogen) atoms. The van der Waals surface area contributed by atoms with Crippen LogP contribution in [0.4, 0.5) is 27.4 Å². The van der Waals surface area contributed by atoms with Gasteiger partial charge < -0.3 is 20.3 Å². The van der Waals surface area contributed by atoms with E-state index < -0.39 is 16.8 Å². The Labute approximate surface area is 247 Å². The molecule has 3 N–H and O–H groups in total. The van der Waals surface area contributed by atoms with Crippen LogP contribution in [0, 0.1) is 5.82 Å². The largest absolute Gasteiger partial charge is 0.369 e. The summed E-state index contributed by atoms with van der Waals surface area (Å²) in [7, 11) is -1.36. The van der Waals surface area contributed by atoms with E-state index >= 15 is 4.39 Å². The molecule has 2 aromatic heterocycles. The minimum absolute atomic E-state index is 0.194. The second-order valence-corrected chi connectivity index (χ2v) is 13.2. The maximum Gasteiger partial charge on any atom is 0.227 e. The summed E-state index contributed by atoms with van der Waals surface area (Å²) in [4.78, 5) is 17.2. The van der Waals surface area contributed by atoms with Crippen molar-refractivity contribution in [3.63, 3.8) is 0 Å². The molecular weight excluding hydrogens is 558 g/mol. The molecule has 216 valence electrons. The third kappa shape index (κ3) is 6.91. The van der Waals surface area contributed by atoms with Crippen LogP contribution in [0.1, 0.15) is 39.1 Å². The van der Waals surface area contributed by atoms with Gasteiger partial charge in [-0.3, -0.25) is 0 Å². The van der Waals surface area contributed by atoms with E-state index in [-0.39, 0.29) is 11.1 Å². The molecule has 1 unspecified atom stereocenters. The number of benzene rings is 2. The maximum absolute atomic E-state index is 15.8. The average molecular weight is 594 g/mol. The zero-order valence-electron chi connectivity index (χ0n) is 23.8. The van der Waals surface area contributed by atoms with Crippen molar-refractivity contribution < 1.29 is 8.60 Å². The molecule has 1 aliphatic heterocycles. The quantitative estimate of drug-likeness (QED) is 0.208. The highest BCUT2D eigenvalue weighted by Gasteiger charge is 2.26. The third-order valence-electron chi connectivity index (χ3n) is 6.63. The second-order valence-electron chi connectivity index (χ2n) is 10.9. The first-order valence-corrected chi connectivity index (χ1v) is 16.0. The number of anilines is 4. The predicted octanol–water partition coefficient (Wildman–Crippen LogP) is 6.34. The monoisotopic (exact) mass is 593 g/mol. The number of hydrogen-bond acceptors (Lipinski definition) is 8. The average Bonchev–Trinajstić information content (AvgIpc) is 3.42. The highest BCUT2D eigenvalue weighted by molar-refractivity contribution is 7.86. The van der Waals surface area contributed by atoms with Crippen molar-refractivity contribution in [2.45, 2.75) is 39.5 Å². The minimum Gasteiger partial charge on any atom is -0.369 e. The topological polar surface area (TPSA) is 95.1 Å². The van der Waals surface area contributed by atoms with E-state index in [2.05, 4.69) is 58.1 Å². The number of nitrogens with one attached hydrogen (secondary N) is 3. The Kier molecular flexibility index (Phi) is 8.96. The molecule has 1 saturated heterocycles. The van der Waals surface area contributed by atoms with E-state index in [4.69, 9.17) is 9.97 Å². The molecule has 5 rings (SSSR count). The van der Waals surface area contributed by atoms with Gasteiger partial charge in [-0.15, -0.1) is 11.3 Å². The van der Waals surface area contributed by atoms with Crippen molar-refractivity contribution in [3.8, 4) is 21.8 Å². The van der Waals surface area contributed by atoms with Crippen LogP contribution < -0.4 is 20.3 Å². The molecular formula is C30H36FN7OS2. The molecule has 0 radical (unpaired) electrons. The molecule has 0 aliphatic carbocycles. The number of aromatic nitrogens is 3. The summed E-state index contributed by atoms with van der Waals surface area (Å²) in [5, 5.41) is 7.55. The van der Waals surface area contributed by atoms with Gasteiger partial charge in [0.1, 0.15) is 11.0 Å². The Morgan fingerprint density at radius 3 is 2.54 bits per heavy atom. The normalized spacial score (nSPS) is 14.6. The Morgan fingerprint density at radius 2 is 1.83 bits per heavy atom. The van der Waals surface area contributed by atoms with Gasteiger partial charge in [-0.25, -0.2) is 23.6 Å². The van der Waals surface area contributed by atoms with Crippen LogP contribution in [-0.2, 0) is 16.4 Å². The van der Waals surface area contributed by atoms with Crippen molar-refractivity contribution in [1.29, 1.82) is 0 Å². The Bertz CT molecular complexity index is 1510. The minimum atomic E-state index is -1.36. The van der Waals surface area contributed by atoms with Gasteiger partial charge in [0.05, 0.1) is 27.0 Å². The van der Waals surface area contributed by atoms with Gasteiger partial charge in [0, 0.05) is 60.5 Å². The molecule has 0 amide bonds. The molecule has 8 nitrogen and oxygen atoms in total. The molecule has 1 fully saturated rings. The zero-order valence-corrected chi connectivity index (χ0v) is 25.5. The number of halogens is 1. The van der Waals surface area contributed by atoms with Crippen molar-refractivity contribution in [2.24, 2.45) is 0 Å². The van der Waals surface area contributed by atoms with E-state index in [9.17, 15) is 4.21 Å². The molecule has 0 spiro atoms. The molecule has 1 atom stereocenters. The van der Waals surface area contributed by atoms with Gasteiger partial charge in [-0.1, -0.05) is 33.8 Å². The van der Waals surface area contributed by atoms with E-state index in [1.807, 2.05) is 25.1 Å². The van der Waals surface area contributed by atoms with Gasteiger partial charge in [0.15, 0.2) is 5.82 Å². The fourth-order valence-corrected chi connectivity index (χ4v) is 6.49. The molecule has 2 aromatic carbocycles. The van der Waals surface area contributed by atoms with Gasteiger partial charge >= 0.3 is 0 Å². The van der Waals surface area contributed by atoms with Gasteiger partial charge in [-0.2, -0.15) is 0 Å². The van der Waals surface area contributed by atoms with Crippen LogP contribution in [0.2, 0.25) is 0 Å². The van der Waals surface area contributed by atoms with Crippen molar-refractivity contribution in [2.75, 3.05) is 46.9 Å². The predicted molar refractivity (Wildman–Crippen MR) is 169 cm³/mol. The van der Waals surface area contributed by atoms with E-state index in [1.54, 1.807) is 24.4 Å². The first kappa shape index (κ1) is 29.1. The fourth-order valence-electron chi connectivity index (χ4n) is 4.50. The Balaban J connectivity index is 1.46. The lowest BCUT2D eigenvalue weighted by atomic mass is 9.98. The first-order chi connectivity index (χ1) is 19.7. The standard InChI is InChI=1S/C30H36FN7OS2/c1-5-19-41(39)37-23-8-6-7-22(25(23)31)26-27(40-28(36-26)30(2,3)4)24-13-14-33-29(35-24)34-20-9-11-21(12-10-20)38-17-15-32-16-18-38/h6-14,32,37H,5,15-19H2,1-4H3,(H,33,34,35). The summed E-state index contributed by atoms with van der Waals surface area (Å²) in [6, 6.07) is 15.1. The van der Waals surface area contributed by atoms with E-state index in [0.29, 0.717) is 28.7 Å². The summed E-state index contributed by atoms with van der Waals surface area (Å²) in [5.41, 5.74) is 3.51. The number of hydrogen-bond donors (Lipinski definition) is 3. The first-order valence-electron chi connectivity index (χ1n) is 13.8. The Morgan fingerprint density at radius 1 is 1.07 bits per heavy atom. The number of nitrogens with zero attached hydrogens (tertiary/aromatic N) is 4. The second kappa shape index (κ2) is 12.6. The van der Waals surface area contributed by atoms with Crippen molar-refractivity contribution in [3.05, 3.63) is 65.6 Å². The number of rotatable bonds is 9. The highest BCUT2D eigenvalue weighted by Crippen LogP contribution is 2.42. The lowest BCUT2D eigenvalue weighted by Gasteiger charge is -2.29. The van der Waals surface area contributed by atoms with Crippen LogP contribution in [0.15, 0.2) is 54.7 Å². The summed E-state index contributed by atoms with van der Waals surface area (Å²) in [6.45, 7) is 12.1. The zero-order chi connectivity index (χ0) is 29.0. The summed E-state index contributed by atoms with van der Waals surface area (Å²) >= 11 is 1.50. The fraction of sp³-hybridized carbons (Fsp3) is 0.367. The van der Waals surface area contributed by atoms with Gasteiger partial charge in [0.25, 0.3) is 0 Å². The van der Waals surface area contributed by atoms with Crippen LogP contribution in [0.25, 0.3) is 21.8 Å². The van der Waals surface area contributed by atoms with Gasteiger partial charge in [0.2, 0.25) is 5.95 Å². The molecule has 3 heterocycles. The van der Waals surface area contributed by atoms with Crippen LogP contribution in [-0.4, -0.2) is 51.1 Å². The third-order valence-corrected chi connectivity index (χ3v) is 9.36. The number of piperazine rings is 1. The van der Waals surface area contributed by atoms with Gasteiger partial charge in [-0.05, 0) is 48.9 Å². The summed E-state index contributed by atoms with van der Waals surface area (Å²) in [5.74, 6) is 0.399. The smallest absolute Gasteiger partial charge is 0.227 e. The molecule has 4 aromatic rings. The lowest BCUT2D eigenvalue weighted by Crippen LogP contribution is -2.43.